The molecule has 28 heavy (non-hydrogen) atoms. The molecule has 2 N–H and O–H groups in total. The summed E-state index contributed by atoms with van der Waals surface area (Å²) in [6, 6.07) is 4.09. The smallest absolute Gasteiger partial charge is 0.257 e. The SMILES string of the molecule is CCCSc1nc2c(c(=O)[nH]1)[C@H](c1ccc(C)s1)C1=C(CC(C)(C)CC1=O)N2. The van der Waals surface area contributed by atoms with Gasteiger partial charge in [0, 0.05) is 33.2 Å². The molecule has 7 heteroatoms. The Morgan fingerprint density at radius 1 is 1.29 bits per heavy atom. The summed E-state index contributed by atoms with van der Waals surface area (Å²) in [5.41, 5.74) is 1.98. The van der Waals surface area contributed by atoms with E-state index in [1.54, 1.807) is 23.1 Å². The van der Waals surface area contributed by atoms with Crippen LogP contribution in [0.3, 0.4) is 0 Å². The Hall–Kier alpha value is -1.86. The lowest BCUT2D eigenvalue weighted by atomic mass is 9.70. The van der Waals surface area contributed by atoms with E-state index in [1.807, 2.05) is 19.1 Å². The van der Waals surface area contributed by atoms with E-state index < -0.39 is 0 Å². The van der Waals surface area contributed by atoms with Crippen LogP contribution >= 0.6 is 23.1 Å². The number of ketones is 1. The number of aromatic amines is 1. The Morgan fingerprint density at radius 2 is 2.07 bits per heavy atom. The van der Waals surface area contributed by atoms with Crippen molar-refractivity contribution >= 4 is 34.7 Å². The third kappa shape index (κ3) is 3.46. The zero-order valence-corrected chi connectivity index (χ0v) is 18.3. The molecule has 148 valence electrons. The first kappa shape index (κ1) is 19.5. The number of aryl methyl sites for hydroxylation is 1. The van der Waals surface area contributed by atoms with Gasteiger partial charge in [0.25, 0.3) is 5.56 Å². The van der Waals surface area contributed by atoms with Crippen LogP contribution in [0.5, 0.6) is 0 Å². The largest absolute Gasteiger partial charge is 0.343 e. The van der Waals surface area contributed by atoms with Gasteiger partial charge in [0.05, 0.1) is 11.5 Å². The van der Waals surface area contributed by atoms with Crippen molar-refractivity contribution in [3.63, 3.8) is 0 Å². The van der Waals surface area contributed by atoms with Gasteiger partial charge in [-0.1, -0.05) is 32.5 Å². The summed E-state index contributed by atoms with van der Waals surface area (Å²) in [6.45, 7) is 8.38. The highest BCUT2D eigenvalue weighted by Gasteiger charge is 2.42. The highest BCUT2D eigenvalue weighted by Crippen LogP contribution is 2.48. The molecule has 0 bridgehead atoms. The van der Waals surface area contributed by atoms with Gasteiger partial charge >= 0.3 is 0 Å². The first-order valence-corrected chi connectivity index (χ1v) is 11.5. The van der Waals surface area contributed by atoms with Gasteiger partial charge in [-0.15, -0.1) is 11.3 Å². The number of anilines is 1. The van der Waals surface area contributed by atoms with Gasteiger partial charge in [-0.05, 0) is 37.3 Å². The standard InChI is InChI=1S/C21H25N3O2S2/c1-5-8-27-20-23-18-17(19(26)24-20)16(14-7-6-11(2)28-14)15-12(22-18)9-21(3,4)10-13(15)25/h6-7,16H,5,8-10H2,1-4H3,(H2,22,23,24,26)/t16-/m1/s1. The van der Waals surface area contributed by atoms with Crippen molar-refractivity contribution in [3.05, 3.63) is 49.1 Å². The molecule has 3 heterocycles. The Morgan fingerprint density at radius 3 is 2.75 bits per heavy atom. The van der Waals surface area contributed by atoms with Crippen LogP contribution in [0, 0.1) is 12.3 Å². The van der Waals surface area contributed by atoms with Crippen molar-refractivity contribution in [2.24, 2.45) is 5.41 Å². The number of nitrogens with zero attached hydrogens (tertiary/aromatic N) is 1. The Labute approximate surface area is 173 Å². The minimum absolute atomic E-state index is 0.0999. The average Bonchev–Trinajstić information content (AvgIpc) is 3.03. The van der Waals surface area contributed by atoms with Crippen LogP contribution < -0.4 is 10.9 Å². The van der Waals surface area contributed by atoms with Gasteiger partial charge < -0.3 is 10.3 Å². The van der Waals surface area contributed by atoms with Crippen LogP contribution in [0.2, 0.25) is 0 Å². The molecule has 0 amide bonds. The van der Waals surface area contributed by atoms with Crippen LogP contribution in [0.1, 0.15) is 61.3 Å². The van der Waals surface area contributed by atoms with Crippen LogP contribution in [0.4, 0.5) is 5.82 Å². The number of allylic oxidation sites excluding steroid dienone is 2. The Balaban J connectivity index is 1.90. The number of carbonyl (C=O) groups is 1. The van der Waals surface area contributed by atoms with Gasteiger partial charge in [0.2, 0.25) is 0 Å². The molecule has 4 rings (SSSR count). The van der Waals surface area contributed by atoms with Crippen molar-refractivity contribution in [2.45, 2.75) is 58.0 Å². The number of fused-ring (bicyclic) bond motifs is 1. The summed E-state index contributed by atoms with van der Waals surface area (Å²) >= 11 is 3.19. The molecule has 0 fully saturated rings. The molecular weight excluding hydrogens is 390 g/mol. The number of thioether (sulfide) groups is 1. The van der Waals surface area contributed by atoms with Crippen molar-refractivity contribution in [1.82, 2.24) is 9.97 Å². The zero-order valence-electron chi connectivity index (χ0n) is 16.6. The highest BCUT2D eigenvalue weighted by atomic mass is 32.2. The summed E-state index contributed by atoms with van der Waals surface area (Å²) < 4.78 is 0. The summed E-state index contributed by atoms with van der Waals surface area (Å²) in [6.07, 6.45) is 2.29. The van der Waals surface area contributed by atoms with Crippen LogP contribution in [0.15, 0.2) is 33.4 Å². The lowest BCUT2D eigenvalue weighted by molar-refractivity contribution is -0.118. The quantitative estimate of drug-likeness (QED) is 0.552. The van der Waals surface area contributed by atoms with Crippen molar-refractivity contribution < 1.29 is 4.79 Å². The van der Waals surface area contributed by atoms with Crippen LogP contribution in [-0.2, 0) is 4.79 Å². The van der Waals surface area contributed by atoms with E-state index in [2.05, 4.69) is 31.1 Å². The Bertz CT molecular complexity index is 1030. The van der Waals surface area contributed by atoms with Crippen molar-refractivity contribution in [2.75, 3.05) is 11.1 Å². The molecule has 0 radical (unpaired) electrons. The summed E-state index contributed by atoms with van der Waals surface area (Å²) in [4.78, 5) is 36.0. The lowest BCUT2D eigenvalue weighted by Gasteiger charge is -2.38. The zero-order chi connectivity index (χ0) is 20.1. The summed E-state index contributed by atoms with van der Waals surface area (Å²) in [5.74, 6) is 1.29. The Kier molecular flexibility index (Phi) is 5.00. The number of hydrogen-bond acceptors (Lipinski definition) is 6. The molecule has 1 aliphatic carbocycles. The highest BCUT2D eigenvalue weighted by molar-refractivity contribution is 7.99. The number of nitrogens with one attached hydrogen (secondary N) is 2. The van der Waals surface area contributed by atoms with Gasteiger partial charge in [-0.2, -0.15) is 0 Å². The second-order valence-corrected chi connectivity index (χ2v) is 10.7. The molecule has 2 aromatic rings. The molecule has 0 spiro atoms. The second-order valence-electron chi connectivity index (χ2n) is 8.32. The van der Waals surface area contributed by atoms with Crippen LogP contribution in [0.25, 0.3) is 0 Å². The number of hydrogen-bond donors (Lipinski definition) is 2. The number of aromatic nitrogens is 2. The van der Waals surface area contributed by atoms with E-state index in [1.165, 1.54) is 4.88 Å². The van der Waals surface area contributed by atoms with E-state index in [0.29, 0.717) is 23.0 Å². The first-order valence-electron chi connectivity index (χ1n) is 9.65. The maximum absolute atomic E-state index is 13.1. The fourth-order valence-corrected chi connectivity index (χ4v) is 5.77. The van der Waals surface area contributed by atoms with E-state index in [0.717, 1.165) is 34.7 Å². The van der Waals surface area contributed by atoms with Gasteiger partial charge in [0.15, 0.2) is 10.9 Å². The predicted octanol–water partition coefficient (Wildman–Crippen LogP) is 4.84. The molecular formula is C21H25N3O2S2. The molecule has 5 nitrogen and oxygen atoms in total. The fourth-order valence-electron chi connectivity index (χ4n) is 4.05. The fraction of sp³-hybridized carbons (Fsp3) is 0.476. The molecule has 2 aromatic heterocycles. The molecule has 1 atom stereocenters. The predicted molar refractivity (Wildman–Crippen MR) is 115 cm³/mol. The van der Waals surface area contributed by atoms with E-state index in [-0.39, 0.29) is 22.7 Å². The van der Waals surface area contributed by atoms with Crippen molar-refractivity contribution in [1.29, 1.82) is 0 Å². The van der Waals surface area contributed by atoms with Crippen LogP contribution in [-0.4, -0.2) is 21.5 Å². The van der Waals surface area contributed by atoms with Gasteiger partial charge in [-0.3, -0.25) is 9.59 Å². The van der Waals surface area contributed by atoms with E-state index in [9.17, 15) is 9.59 Å². The molecule has 0 aromatic carbocycles. The van der Waals surface area contributed by atoms with Gasteiger partial charge in [0.1, 0.15) is 5.82 Å². The van der Waals surface area contributed by atoms with Crippen molar-refractivity contribution in [3.8, 4) is 0 Å². The first-order chi connectivity index (χ1) is 13.3. The monoisotopic (exact) mass is 415 g/mol. The number of carbonyl (C=O) groups excluding carboxylic acids is 1. The maximum atomic E-state index is 13.1. The van der Waals surface area contributed by atoms with Gasteiger partial charge in [-0.25, -0.2) is 4.98 Å². The minimum atomic E-state index is -0.338. The summed E-state index contributed by atoms with van der Waals surface area (Å²) in [5, 5.41) is 4.00. The number of Topliss-reactive ketones (excluding diaryl/α,β-unsaturated/α-hetero) is 1. The number of thiophene rings is 1. The molecule has 0 saturated heterocycles. The van der Waals surface area contributed by atoms with E-state index >= 15 is 0 Å². The third-order valence-electron chi connectivity index (χ3n) is 5.19. The van der Waals surface area contributed by atoms with E-state index in [4.69, 9.17) is 4.98 Å². The lowest BCUT2D eigenvalue weighted by Crippen LogP contribution is -2.36. The molecule has 0 unspecified atom stereocenters. The molecule has 2 aliphatic rings. The topological polar surface area (TPSA) is 74.8 Å². The second kappa shape index (κ2) is 7.19. The third-order valence-corrected chi connectivity index (χ3v) is 7.33. The molecule has 1 aliphatic heterocycles. The normalized spacial score (nSPS) is 20.6. The maximum Gasteiger partial charge on any atom is 0.257 e. The average molecular weight is 416 g/mol. The number of H-pyrrole nitrogens is 1. The summed E-state index contributed by atoms with van der Waals surface area (Å²) in [7, 11) is 0. The number of rotatable bonds is 4. The molecule has 0 saturated carbocycles. The minimum Gasteiger partial charge on any atom is -0.343 e.